The zero-order chi connectivity index (χ0) is 21.1. The van der Waals surface area contributed by atoms with E-state index in [1.165, 1.54) is 4.90 Å². The monoisotopic (exact) mass is 422 g/mol. The van der Waals surface area contributed by atoms with Crippen LogP contribution in [0.5, 0.6) is 0 Å². The molecule has 2 amide bonds. The van der Waals surface area contributed by atoms with E-state index in [9.17, 15) is 14.7 Å². The van der Waals surface area contributed by atoms with Crippen LogP contribution in [-0.4, -0.2) is 37.8 Å². The molecule has 154 valence electrons. The molecule has 0 spiro atoms. The Balaban J connectivity index is 1.52. The van der Waals surface area contributed by atoms with Crippen molar-refractivity contribution in [2.45, 2.75) is 43.2 Å². The highest BCUT2D eigenvalue weighted by Gasteiger charge is 2.30. The van der Waals surface area contributed by atoms with E-state index in [1.54, 1.807) is 30.8 Å². The van der Waals surface area contributed by atoms with Crippen molar-refractivity contribution in [1.82, 2.24) is 14.8 Å². The molecule has 1 saturated heterocycles. The van der Waals surface area contributed by atoms with Gasteiger partial charge in [0.2, 0.25) is 11.8 Å². The summed E-state index contributed by atoms with van der Waals surface area (Å²) < 4.78 is 1.97. The average Bonchev–Trinajstić information content (AvgIpc) is 3.29. The Morgan fingerprint density at radius 2 is 1.63 bits per heavy atom. The number of carbonyl (C=O) groups is 2. The van der Waals surface area contributed by atoms with Crippen molar-refractivity contribution < 1.29 is 14.7 Å². The molecule has 2 aromatic carbocycles. The van der Waals surface area contributed by atoms with E-state index in [4.69, 9.17) is 0 Å². The predicted octanol–water partition coefficient (Wildman–Crippen LogP) is 3.14. The summed E-state index contributed by atoms with van der Waals surface area (Å²) in [5, 5.41) is 19.2. The van der Waals surface area contributed by atoms with Gasteiger partial charge < -0.3 is 5.11 Å². The fourth-order valence-corrected chi connectivity index (χ4v) is 4.31. The van der Waals surface area contributed by atoms with Crippen LogP contribution in [0.3, 0.4) is 0 Å². The molecule has 7 nitrogen and oxygen atoms in total. The lowest BCUT2D eigenvalue weighted by Gasteiger charge is -2.14. The highest BCUT2D eigenvalue weighted by molar-refractivity contribution is 7.98. The molecule has 3 aromatic rings. The van der Waals surface area contributed by atoms with E-state index in [-0.39, 0.29) is 24.7 Å². The van der Waals surface area contributed by atoms with Crippen LogP contribution in [0.25, 0.3) is 5.69 Å². The summed E-state index contributed by atoms with van der Waals surface area (Å²) in [6, 6.07) is 17.3. The standard InChI is InChI=1S/C22H22N4O3S/c1-15(27)13-19-23-24-22(25(19)17-5-3-2-4-6-17)30-14-16-7-9-18(10-8-16)26-20(28)11-12-21(26)29/h2-10,15,27H,11-14H2,1H3. The van der Waals surface area contributed by atoms with Gasteiger partial charge in [-0.15, -0.1) is 10.2 Å². The number of nitrogens with zero attached hydrogens (tertiary/aromatic N) is 4. The molecule has 1 N–H and O–H groups in total. The van der Waals surface area contributed by atoms with Gasteiger partial charge in [0, 0.05) is 30.7 Å². The molecular weight excluding hydrogens is 400 g/mol. The average molecular weight is 423 g/mol. The third kappa shape index (κ3) is 4.29. The first-order chi connectivity index (χ1) is 14.5. The number of rotatable bonds is 7. The molecule has 8 heteroatoms. The minimum absolute atomic E-state index is 0.149. The first kappa shape index (κ1) is 20.3. The molecule has 1 aromatic heterocycles. The van der Waals surface area contributed by atoms with E-state index in [0.29, 0.717) is 23.7 Å². The molecular formula is C22H22N4O3S. The van der Waals surface area contributed by atoms with Crippen molar-refractivity contribution in [1.29, 1.82) is 0 Å². The zero-order valence-electron chi connectivity index (χ0n) is 16.6. The molecule has 1 aliphatic heterocycles. The fraction of sp³-hybridized carbons (Fsp3) is 0.273. The van der Waals surface area contributed by atoms with Crippen molar-refractivity contribution in [3.05, 3.63) is 66.0 Å². The first-order valence-corrected chi connectivity index (χ1v) is 10.8. The lowest BCUT2D eigenvalue weighted by Crippen LogP contribution is -2.28. The number of benzene rings is 2. The Kier molecular flexibility index (Phi) is 5.96. The molecule has 1 fully saturated rings. The maximum absolute atomic E-state index is 11.9. The smallest absolute Gasteiger partial charge is 0.234 e. The van der Waals surface area contributed by atoms with Crippen LogP contribution in [-0.2, 0) is 21.8 Å². The summed E-state index contributed by atoms with van der Waals surface area (Å²) in [7, 11) is 0. The van der Waals surface area contributed by atoms with Gasteiger partial charge in [-0.3, -0.25) is 19.1 Å². The van der Waals surface area contributed by atoms with Gasteiger partial charge in [-0.2, -0.15) is 0 Å². The number of amides is 2. The number of carbonyl (C=O) groups excluding carboxylic acids is 2. The van der Waals surface area contributed by atoms with Crippen molar-refractivity contribution in [3.63, 3.8) is 0 Å². The van der Waals surface area contributed by atoms with Gasteiger partial charge in [0.15, 0.2) is 5.16 Å². The van der Waals surface area contributed by atoms with Crippen molar-refractivity contribution >= 4 is 29.3 Å². The Bertz CT molecular complexity index is 1030. The van der Waals surface area contributed by atoms with Gasteiger partial charge in [-0.25, -0.2) is 0 Å². The molecule has 1 atom stereocenters. The van der Waals surface area contributed by atoms with Gasteiger partial charge in [0.25, 0.3) is 0 Å². The SMILES string of the molecule is CC(O)Cc1nnc(SCc2ccc(N3C(=O)CCC3=O)cc2)n1-c1ccccc1. The number of aromatic nitrogens is 3. The summed E-state index contributed by atoms with van der Waals surface area (Å²) >= 11 is 1.54. The molecule has 0 aliphatic carbocycles. The van der Waals surface area contributed by atoms with Gasteiger partial charge in [-0.1, -0.05) is 42.1 Å². The second kappa shape index (κ2) is 8.81. The zero-order valence-corrected chi connectivity index (χ0v) is 17.4. The molecule has 4 rings (SSSR count). The molecule has 1 aliphatic rings. The van der Waals surface area contributed by atoms with Crippen LogP contribution >= 0.6 is 11.8 Å². The first-order valence-electron chi connectivity index (χ1n) is 9.78. The van der Waals surface area contributed by atoms with Crippen molar-refractivity contribution in [2.24, 2.45) is 0 Å². The predicted molar refractivity (Wildman–Crippen MR) is 114 cm³/mol. The van der Waals surface area contributed by atoms with Gasteiger partial charge in [0.1, 0.15) is 5.82 Å². The highest BCUT2D eigenvalue weighted by Crippen LogP contribution is 2.28. The number of aliphatic hydroxyl groups excluding tert-OH is 1. The molecule has 0 radical (unpaired) electrons. The summed E-state index contributed by atoms with van der Waals surface area (Å²) in [6.45, 7) is 1.73. The third-order valence-electron chi connectivity index (χ3n) is 4.81. The minimum Gasteiger partial charge on any atom is -0.393 e. The third-order valence-corrected chi connectivity index (χ3v) is 5.81. The summed E-state index contributed by atoms with van der Waals surface area (Å²) in [4.78, 5) is 25.0. The van der Waals surface area contributed by atoms with E-state index < -0.39 is 6.10 Å². The molecule has 30 heavy (non-hydrogen) atoms. The molecule has 2 heterocycles. The fourth-order valence-electron chi connectivity index (χ4n) is 3.38. The van der Waals surface area contributed by atoms with E-state index >= 15 is 0 Å². The maximum atomic E-state index is 11.9. The van der Waals surface area contributed by atoms with Crippen LogP contribution in [0.15, 0.2) is 59.8 Å². The number of para-hydroxylation sites is 1. The maximum Gasteiger partial charge on any atom is 0.234 e. The Morgan fingerprint density at radius 3 is 2.27 bits per heavy atom. The Morgan fingerprint density at radius 1 is 0.967 bits per heavy atom. The van der Waals surface area contributed by atoms with Crippen LogP contribution in [0.4, 0.5) is 5.69 Å². The molecule has 0 saturated carbocycles. The number of thioether (sulfide) groups is 1. The quantitative estimate of drug-likeness (QED) is 0.465. The topological polar surface area (TPSA) is 88.3 Å². The van der Waals surface area contributed by atoms with E-state index in [0.717, 1.165) is 16.4 Å². The second-order valence-corrected chi connectivity index (χ2v) is 8.14. The number of anilines is 1. The Hall–Kier alpha value is -2.97. The highest BCUT2D eigenvalue weighted by atomic mass is 32.2. The van der Waals surface area contributed by atoms with Crippen LogP contribution in [0.1, 0.15) is 31.2 Å². The van der Waals surface area contributed by atoms with Crippen molar-refractivity contribution in [2.75, 3.05) is 4.90 Å². The summed E-state index contributed by atoms with van der Waals surface area (Å²) in [5.41, 5.74) is 2.60. The van der Waals surface area contributed by atoms with Crippen molar-refractivity contribution in [3.8, 4) is 5.69 Å². The second-order valence-electron chi connectivity index (χ2n) is 7.20. The van der Waals surface area contributed by atoms with Gasteiger partial charge in [0.05, 0.1) is 11.8 Å². The largest absolute Gasteiger partial charge is 0.393 e. The summed E-state index contributed by atoms with van der Waals surface area (Å²) in [6.07, 6.45) is 0.452. The van der Waals surface area contributed by atoms with Crippen LogP contribution < -0.4 is 4.90 Å². The number of imide groups is 1. The molecule has 0 bridgehead atoms. The minimum atomic E-state index is -0.516. The normalized spacial score (nSPS) is 15.1. The van der Waals surface area contributed by atoms with Gasteiger partial charge >= 0.3 is 0 Å². The Labute approximate surface area is 178 Å². The summed E-state index contributed by atoms with van der Waals surface area (Å²) in [5.74, 6) is 1.06. The van der Waals surface area contributed by atoms with Gasteiger partial charge in [-0.05, 0) is 36.8 Å². The van der Waals surface area contributed by atoms with Crippen LogP contribution in [0, 0.1) is 0 Å². The molecule has 1 unspecified atom stereocenters. The number of hydrogen-bond acceptors (Lipinski definition) is 6. The van der Waals surface area contributed by atoms with Crippen LogP contribution in [0.2, 0.25) is 0 Å². The van der Waals surface area contributed by atoms with E-state index in [1.807, 2.05) is 47.0 Å². The number of aliphatic hydroxyl groups is 1. The van der Waals surface area contributed by atoms with E-state index in [2.05, 4.69) is 10.2 Å². The lowest BCUT2D eigenvalue weighted by atomic mass is 10.2. The number of hydrogen-bond donors (Lipinski definition) is 1. The lowest BCUT2D eigenvalue weighted by molar-refractivity contribution is -0.121.